The van der Waals surface area contributed by atoms with Gasteiger partial charge in [-0.1, -0.05) is 30.2 Å². The lowest BCUT2D eigenvalue weighted by Gasteiger charge is -2.18. The summed E-state index contributed by atoms with van der Waals surface area (Å²) < 4.78 is 0. The maximum absolute atomic E-state index is 5.90. The molecule has 0 radical (unpaired) electrons. The minimum absolute atomic E-state index is 0.313. The smallest absolute Gasteiger partial charge is 0.0493 e. The summed E-state index contributed by atoms with van der Waals surface area (Å²) in [5, 5.41) is 0.788. The summed E-state index contributed by atoms with van der Waals surface area (Å²) in [6.07, 6.45) is 4.19. The first kappa shape index (κ1) is 10.6. The van der Waals surface area contributed by atoms with Crippen molar-refractivity contribution in [3.63, 3.8) is 0 Å². The van der Waals surface area contributed by atoms with Gasteiger partial charge in [0.2, 0.25) is 0 Å². The number of rotatable bonds is 3. The number of nitrogens with one attached hydrogen (secondary N) is 1. The van der Waals surface area contributed by atoms with Crippen LogP contribution < -0.4 is 11.3 Å². The third-order valence-electron chi connectivity index (χ3n) is 4.27. The summed E-state index contributed by atoms with van der Waals surface area (Å²) in [6.45, 7) is 0. The van der Waals surface area contributed by atoms with Gasteiger partial charge in [0.05, 0.1) is 0 Å². The number of halogens is 1. The average Bonchev–Trinajstić information content (AvgIpc) is 2.76. The molecule has 0 bridgehead atoms. The molecular formula is C13H17ClN2. The van der Waals surface area contributed by atoms with Crippen molar-refractivity contribution < 1.29 is 0 Å². The van der Waals surface area contributed by atoms with E-state index in [1.807, 2.05) is 12.1 Å². The van der Waals surface area contributed by atoms with Crippen molar-refractivity contribution in [2.45, 2.75) is 25.3 Å². The van der Waals surface area contributed by atoms with Crippen molar-refractivity contribution in [2.24, 2.45) is 23.6 Å². The van der Waals surface area contributed by atoms with Gasteiger partial charge in [-0.15, -0.1) is 0 Å². The first-order valence-electron chi connectivity index (χ1n) is 6.03. The molecule has 2 saturated carbocycles. The minimum Gasteiger partial charge on any atom is -0.271 e. The summed E-state index contributed by atoms with van der Waals surface area (Å²) in [5.41, 5.74) is 4.25. The Morgan fingerprint density at radius 3 is 2.38 bits per heavy atom. The summed E-state index contributed by atoms with van der Waals surface area (Å²) in [5.74, 6) is 8.28. The Morgan fingerprint density at radius 2 is 1.81 bits per heavy atom. The number of nitrogens with two attached hydrogens (primary N) is 1. The Hall–Kier alpha value is -0.570. The molecule has 3 rings (SSSR count). The van der Waals surface area contributed by atoms with Crippen molar-refractivity contribution in [3.05, 3.63) is 34.9 Å². The average molecular weight is 237 g/mol. The van der Waals surface area contributed by atoms with Crippen LogP contribution in [0.1, 0.15) is 30.9 Å². The molecule has 0 spiro atoms. The van der Waals surface area contributed by atoms with E-state index in [0.717, 1.165) is 22.8 Å². The number of benzene rings is 1. The molecule has 2 aliphatic rings. The van der Waals surface area contributed by atoms with Crippen LogP contribution in [0.15, 0.2) is 24.3 Å². The van der Waals surface area contributed by atoms with E-state index < -0.39 is 0 Å². The lowest BCUT2D eigenvalue weighted by Crippen LogP contribution is -2.30. The standard InChI is InChI=1S/C13H17ClN2/c14-9-6-4-8(5-7-9)13(16-15)12-10-2-1-3-11(10)12/h4-7,10-13,16H,1-3,15H2. The third kappa shape index (κ3) is 1.65. The third-order valence-corrected chi connectivity index (χ3v) is 4.52. The van der Waals surface area contributed by atoms with Crippen LogP contribution in [0.25, 0.3) is 0 Å². The Bertz CT molecular complexity index is 366. The molecule has 3 heteroatoms. The molecule has 1 aromatic rings. The Balaban J connectivity index is 1.78. The van der Waals surface area contributed by atoms with Crippen molar-refractivity contribution in [2.75, 3.05) is 0 Å². The van der Waals surface area contributed by atoms with E-state index in [1.165, 1.54) is 24.8 Å². The molecule has 0 aliphatic heterocycles. The Morgan fingerprint density at radius 1 is 1.19 bits per heavy atom. The molecule has 2 fully saturated rings. The first-order valence-corrected chi connectivity index (χ1v) is 6.40. The second-order valence-corrected chi connectivity index (χ2v) is 5.47. The molecule has 1 aromatic carbocycles. The number of fused-ring (bicyclic) bond motifs is 1. The van der Waals surface area contributed by atoms with Crippen LogP contribution in [0.5, 0.6) is 0 Å². The van der Waals surface area contributed by atoms with E-state index in [0.29, 0.717) is 6.04 Å². The maximum atomic E-state index is 5.90. The van der Waals surface area contributed by atoms with E-state index in [-0.39, 0.29) is 0 Å². The fraction of sp³-hybridized carbons (Fsp3) is 0.538. The molecule has 0 amide bonds. The van der Waals surface area contributed by atoms with Crippen LogP contribution in [0.4, 0.5) is 0 Å². The van der Waals surface area contributed by atoms with Crippen LogP contribution in [0, 0.1) is 17.8 Å². The Labute approximate surface area is 101 Å². The quantitative estimate of drug-likeness (QED) is 0.626. The van der Waals surface area contributed by atoms with Gasteiger partial charge in [0.1, 0.15) is 0 Å². The van der Waals surface area contributed by atoms with Gasteiger partial charge in [-0.25, -0.2) is 0 Å². The molecule has 3 unspecified atom stereocenters. The fourth-order valence-electron chi connectivity index (χ4n) is 3.47. The second-order valence-electron chi connectivity index (χ2n) is 5.03. The first-order chi connectivity index (χ1) is 7.81. The minimum atomic E-state index is 0.313. The van der Waals surface area contributed by atoms with Crippen LogP contribution in [0.3, 0.4) is 0 Å². The lowest BCUT2D eigenvalue weighted by molar-refractivity contribution is 0.425. The highest BCUT2D eigenvalue weighted by Gasteiger charge is 2.55. The molecule has 3 N–H and O–H groups in total. The molecule has 3 atom stereocenters. The Kier molecular flexibility index (Phi) is 2.66. The van der Waals surface area contributed by atoms with E-state index in [2.05, 4.69) is 17.6 Å². The monoisotopic (exact) mass is 236 g/mol. The number of hydrogen-bond donors (Lipinski definition) is 2. The molecule has 0 aromatic heterocycles. The van der Waals surface area contributed by atoms with Crippen molar-refractivity contribution in [1.29, 1.82) is 0 Å². The molecular weight excluding hydrogens is 220 g/mol. The topological polar surface area (TPSA) is 38.0 Å². The van der Waals surface area contributed by atoms with Gasteiger partial charge >= 0.3 is 0 Å². The molecule has 0 heterocycles. The van der Waals surface area contributed by atoms with Gasteiger partial charge in [0, 0.05) is 11.1 Å². The molecule has 2 nitrogen and oxygen atoms in total. The highest BCUT2D eigenvalue weighted by molar-refractivity contribution is 6.30. The van der Waals surface area contributed by atoms with Gasteiger partial charge in [0.15, 0.2) is 0 Å². The van der Waals surface area contributed by atoms with Gasteiger partial charge < -0.3 is 0 Å². The summed E-state index contributed by atoms with van der Waals surface area (Å²) in [6, 6.07) is 8.37. The van der Waals surface area contributed by atoms with Crippen LogP contribution >= 0.6 is 11.6 Å². The van der Waals surface area contributed by atoms with Crippen LogP contribution in [-0.4, -0.2) is 0 Å². The predicted octanol–water partition coefficient (Wildman–Crippen LogP) is 2.89. The highest BCUT2D eigenvalue weighted by atomic mass is 35.5. The fourth-order valence-corrected chi connectivity index (χ4v) is 3.60. The van der Waals surface area contributed by atoms with Crippen LogP contribution in [-0.2, 0) is 0 Å². The van der Waals surface area contributed by atoms with Crippen LogP contribution in [0.2, 0.25) is 5.02 Å². The highest BCUT2D eigenvalue weighted by Crippen LogP contribution is 2.61. The number of hydrogen-bond acceptors (Lipinski definition) is 2. The van der Waals surface area contributed by atoms with Gasteiger partial charge in [-0.2, -0.15) is 0 Å². The van der Waals surface area contributed by atoms with Crippen molar-refractivity contribution in [3.8, 4) is 0 Å². The largest absolute Gasteiger partial charge is 0.271 e. The van der Waals surface area contributed by atoms with Crippen molar-refractivity contribution in [1.82, 2.24) is 5.43 Å². The normalized spacial score (nSPS) is 33.5. The summed E-state index contributed by atoms with van der Waals surface area (Å²) in [7, 11) is 0. The van der Waals surface area contributed by atoms with Gasteiger partial charge in [-0.3, -0.25) is 11.3 Å². The number of hydrazine groups is 1. The predicted molar refractivity (Wildman–Crippen MR) is 65.8 cm³/mol. The summed E-state index contributed by atoms with van der Waals surface area (Å²) in [4.78, 5) is 0. The van der Waals surface area contributed by atoms with Gasteiger partial charge in [-0.05, 0) is 48.3 Å². The zero-order valence-electron chi connectivity index (χ0n) is 9.20. The zero-order chi connectivity index (χ0) is 11.1. The zero-order valence-corrected chi connectivity index (χ0v) is 9.95. The molecule has 2 aliphatic carbocycles. The van der Waals surface area contributed by atoms with Gasteiger partial charge in [0.25, 0.3) is 0 Å². The molecule has 0 saturated heterocycles. The summed E-state index contributed by atoms with van der Waals surface area (Å²) >= 11 is 5.90. The molecule has 16 heavy (non-hydrogen) atoms. The molecule has 86 valence electrons. The SMILES string of the molecule is NNC(c1ccc(Cl)cc1)C1C2CCCC21. The maximum Gasteiger partial charge on any atom is 0.0493 e. The van der Waals surface area contributed by atoms with E-state index in [1.54, 1.807) is 0 Å². The van der Waals surface area contributed by atoms with Crippen molar-refractivity contribution >= 4 is 11.6 Å². The lowest BCUT2D eigenvalue weighted by atomic mass is 9.97. The van der Waals surface area contributed by atoms with E-state index in [4.69, 9.17) is 17.4 Å². The van der Waals surface area contributed by atoms with E-state index >= 15 is 0 Å². The van der Waals surface area contributed by atoms with E-state index in [9.17, 15) is 0 Å². The second kappa shape index (κ2) is 4.02.